The van der Waals surface area contributed by atoms with Crippen LogP contribution in [0.25, 0.3) is 0 Å². The van der Waals surface area contributed by atoms with Gasteiger partial charge in [-0.3, -0.25) is 9.59 Å². The summed E-state index contributed by atoms with van der Waals surface area (Å²) in [5, 5.41) is 0. The third kappa shape index (κ3) is 12.8. The summed E-state index contributed by atoms with van der Waals surface area (Å²) in [6.45, 7) is 12.0. The number of rotatable bonds is 19. The van der Waals surface area contributed by atoms with Gasteiger partial charge in [-0.1, -0.05) is 26.7 Å². The van der Waals surface area contributed by atoms with Gasteiger partial charge in [0.25, 0.3) is 0 Å². The van der Waals surface area contributed by atoms with Gasteiger partial charge in [-0.2, -0.15) is 0 Å². The number of methoxy groups -OCH3 is 1. The van der Waals surface area contributed by atoms with Gasteiger partial charge in [0.15, 0.2) is 5.78 Å². The number of ketones is 1. The van der Waals surface area contributed by atoms with Crippen LogP contribution in [-0.2, 0) is 42.9 Å². The average molecular weight is 455 g/mol. The average Bonchev–Trinajstić information content (AvgIpc) is 2.81. The zero-order chi connectivity index (χ0) is 24.4. The highest BCUT2D eigenvalue weighted by Gasteiger charge is 2.33. The van der Waals surface area contributed by atoms with Gasteiger partial charge in [-0.05, 0) is 12.5 Å². The summed E-state index contributed by atoms with van der Waals surface area (Å²) in [6.07, 6.45) is 3.99. The fourth-order valence-corrected chi connectivity index (χ4v) is 2.58. The molecule has 32 heavy (non-hydrogen) atoms. The van der Waals surface area contributed by atoms with E-state index in [4.69, 9.17) is 23.7 Å². The highest BCUT2D eigenvalue weighted by molar-refractivity contribution is 5.89. The zero-order valence-corrected chi connectivity index (χ0v) is 19.0. The third-order valence-corrected chi connectivity index (χ3v) is 4.43. The van der Waals surface area contributed by atoms with E-state index in [1.54, 1.807) is 6.92 Å². The maximum absolute atomic E-state index is 11.8. The maximum Gasteiger partial charge on any atom is 0.330 e. The first-order valence-corrected chi connectivity index (χ1v) is 10.2. The molecule has 9 nitrogen and oxygen atoms in total. The summed E-state index contributed by atoms with van der Waals surface area (Å²) in [4.78, 5) is 46.2. The molecule has 0 radical (unpaired) electrons. The Morgan fingerprint density at radius 1 is 0.844 bits per heavy atom. The second-order valence-corrected chi connectivity index (χ2v) is 7.17. The number of allylic oxidation sites excluding steroid dienone is 1. The normalized spacial score (nSPS) is 13.2. The zero-order valence-electron chi connectivity index (χ0n) is 19.0. The van der Waals surface area contributed by atoms with Crippen molar-refractivity contribution < 1.29 is 42.9 Å². The fourth-order valence-electron chi connectivity index (χ4n) is 2.58. The van der Waals surface area contributed by atoms with Gasteiger partial charge in [0.1, 0.15) is 6.61 Å². The standard InChI is InChI=1S/C23H34O9/c1-6-19(24)10-11-23(15-28-5,17-32-22(27)9-4)16-29-12-18(13-30-20(25)7-2)14-31-21(26)8-3/h6-7,9,18H,1-2,4,8,10-17H2,3,5H3. The third-order valence-electron chi connectivity index (χ3n) is 4.43. The van der Waals surface area contributed by atoms with E-state index >= 15 is 0 Å². The van der Waals surface area contributed by atoms with Crippen LogP contribution >= 0.6 is 0 Å². The van der Waals surface area contributed by atoms with Crippen molar-refractivity contribution in [3.63, 3.8) is 0 Å². The van der Waals surface area contributed by atoms with Crippen LogP contribution < -0.4 is 0 Å². The molecule has 0 aromatic carbocycles. The fraction of sp³-hybridized carbons (Fsp3) is 0.565. The smallest absolute Gasteiger partial charge is 0.330 e. The Balaban J connectivity index is 5.23. The summed E-state index contributed by atoms with van der Waals surface area (Å²) in [5.74, 6) is -2.20. The molecular formula is C23H34O9. The second kappa shape index (κ2) is 16.9. The van der Waals surface area contributed by atoms with Gasteiger partial charge in [0.05, 0.1) is 44.4 Å². The Hall–Kier alpha value is -2.78. The van der Waals surface area contributed by atoms with E-state index < -0.39 is 29.2 Å². The van der Waals surface area contributed by atoms with Gasteiger partial charge >= 0.3 is 17.9 Å². The van der Waals surface area contributed by atoms with Crippen molar-refractivity contribution in [2.24, 2.45) is 11.3 Å². The van der Waals surface area contributed by atoms with Gasteiger partial charge in [-0.15, -0.1) is 0 Å². The minimum Gasteiger partial charge on any atom is -0.465 e. The Bertz CT molecular complexity index is 630. The number of esters is 3. The van der Waals surface area contributed by atoms with E-state index in [9.17, 15) is 19.2 Å². The van der Waals surface area contributed by atoms with Crippen molar-refractivity contribution in [2.45, 2.75) is 26.2 Å². The quantitative estimate of drug-likeness (QED) is 0.165. The molecule has 9 heteroatoms. The van der Waals surface area contributed by atoms with Crippen molar-refractivity contribution in [1.82, 2.24) is 0 Å². The number of carbonyl (C=O) groups excluding carboxylic acids is 4. The first kappa shape index (κ1) is 29.2. The molecule has 0 aromatic rings. The summed E-state index contributed by atoms with van der Waals surface area (Å²) in [5.41, 5.74) is -0.811. The molecule has 0 bridgehead atoms. The van der Waals surface area contributed by atoms with Crippen molar-refractivity contribution in [3.05, 3.63) is 38.0 Å². The SMILES string of the molecule is C=CC(=O)CCC(COC)(COCC(COC(=O)C=C)COC(=O)CC)COC(=O)C=C. The minimum atomic E-state index is -0.811. The highest BCUT2D eigenvalue weighted by Crippen LogP contribution is 2.27. The first-order chi connectivity index (χ1) is 15.2. The molecule has 0 saturated heterocycles. The van der Waals surface area contributed by atoms with Crippen LogP contribution in [0.2, 0.25) is 0 Å². The number of ether oxygens (including phenoxy) is 5. The molecule has 0 spiro atoms. The van der Waals surface area contributed by atoms with Crippen LogP contribution in [0.5, 0.6) is 0 Å². The maximum atomic E-state index is 11.8. The van der Waals surface area contributed by atoms with Crippen molar-refractivity contribution >= 4 is 23.7 Å². The Labute approximate surface area is 189 Å². The molecule has 2 unspecified atom stereocenters. The Morgan fingerprint density at radius 2 is 1.47 bits per heavy atom. The van der Waals surface area contributed by atoms with Gasteiger partial charge < -0.3 is 23.7 Å². The number of hydrogen-bond donors (Lipinski definition) is 0. The summed E-state index contributed by atoms with van der Waals surface area (Å²) < 4.78 is 26.5. The molecular weight excluding hydrogens is 420 g/mol. The van der Waals surface area contributed by atoms with Crippen LogP contribution in [0.15, 0.2) is 38.0 Å². The Morgan fingerprint density at radius 3 is 2.03 bits per heavy atom. The van der Waals surface area contributed by atoms with Crippen molar-refractivity contribution in [2.75, 3.05) is 46.8 Å². The molecule has 0 heterocycles. The van der Waals surface area contributed by atoms with Gasteiger partial charge in [0.2, 0.25) is 0 Å². The van der Waals surface area contributed by atoms with Crippen molar-refractivity contribution in [3.8, 4) is 0 Å². The van der Waals surface area contributed by atoms with Crippen LogP contribution in [0.3, 0.4) is 0 Å². The molecule has 0 N–H and O–H groups in total. The molecule has 0 fully saturated rings. The summed E-state index contributed by atoms with van der Waals surface area (Å²) >= 11 is 0. The molecule has 2 atom stereocenters. The van der Waals surface area contributed by atoms with E-state index in [1.165, 1.54) is 13.2 Å². The topological polar surface area (TPSA) is 114 Å². The van der Waals surface area contributed by atoms with Gasteiger partial charge in [-0.25, -0.2) is 9.59 Å². The molecule has 180 valence electrons. The van der Waals surface area contributed by atoms with Crippen molar-refractivity contribution in [1.29, 1.82) is 0 Å². The number of carbonyl (C=O) groups is 4. The summed E-state index contributed by atoms with van der Waals surface area (Å²) in [6, 6.07) is 0. The highest BCUT2D eigenvalue weighted by atomic mass is 16.6. The first-order valence-electron chi connectivity index (χ1n) is 10.2. The molecule has 0 amide bonds. The van der Waals surface area contributed by atoms with E-state index in [1.807, 2.05) is 0 Å². The van der Waals surface area contributed by atoms with Gasteiger partial charge in [0, 0.05) is 32.1 Å². The largest absolute Gasteiger partial charge is 0.465 e. The molecule has 0 rings (SSSR count). The predicted octanol–water partition coefficient (Wildman–Crippen LogP) is 2.20. The second-order valence-electron chi connectivity index (χ2n) is 7.17. The lowest BCUT2D eigenvalue weighted by Crippen LogP contribution is -2.39. The molecule has 0 saturated carbocycles. The van der Waals surface area contributed by atoms with Crippen LogP contribution in [0, 0.1) is 11.3 Å². The van der Waals surface area contributed by atoms with Crippen LogP contribution in [-0.4, -0.2) is 70.4 Å². The van der Waals surface area contributed by atoms with Crippen LogP contribution in [0.4, 0.5) is 0 Å². The Kier molecular flexibility index (Phi) is 15.4. The molecule has 0 aliphatic carbocycles. The minimum absolute atomic E-state index is 0.00518. The van der Waals surface area contributed by atoms with E-state index in [-0.39, 0.29) is 58.3 Å². The lowest BCUT2D eigenvalue weighted by molar-refractivity contribution is -0.149. The molecule has 0 aliphatic rings. The lowest BCUT2D eigenvalue weighted by atomic mass is 9.84. The van der Waals surface area contributed by atoms with E-state index in [2.05, 4.69) is 19.7 Å². The molecule has 0 aliphatic heterocycles. The van der Waals surface area contributed by atoms with E-state index in [0.717, 1.165) is 12.2 Å². The van der Waals surface area contributed by atoms with E-state index in [0.29, 0.717) is 6.42 Å². The molecule has 0 aromatic heterocycles. The predicted molar refractivity (Wildman–Crippen MR) is 117 cm³/mol. The lowest BCUT2D eigenvalue weighted by Gasteiger charge is -2.32. The number of hydrogen-bond acceptors (Lipinski definition) is 9. The monoisotopic (exact) mass is 454 g/mol. The van der Waals surface area contributed by atoms with Crippen LogP contribution in [0.1, 0.15) is 26.2 Å². The summed E-state index contributed by atoms with van der Waals surface area (Å²) in [7, 11) is 1.49.